The van der Waals surface area contributed by atoms with Gasteiger partial charge in [-0.15, -0.1) is 6.58 Å². The highest BCUT2D eigenvalue weighted by Gasteiger charge is 2.46. The van der Waals surface area contributed by atoms with Gasteiger partial charge in [0.25, 0.3) is 0 Å². The number of nitrogens with zero attached hydrogens (tertiary/aromatic N) is 1. The average molecular weight is 828 g/mol. The van der Waals surface area contributed by atoms with Gasteiger partial charge in [-0.1, -0.05) is 200 Å². The quantitative estimate of drug-likeness (QED) is 0.0713. The lowest BCUT2D eigenvalue weighted by molar-refractivity contribution is 0.768. The second-order valence-corrected chi connectivity index (χ2v) is 16.3. The molecule has 306 valence electrons. The molecule has 0 saturated carbocycles. The van der Waals surface area contributed by atoms with Gasteiger partial charge in [-0.2, -0.15) is 0 Å². The molecule has 0 fully saturated rings. The third kappa shape index (κ3) is 6.82. The van der Waals surface area contributed by atoms with E-state index < -0.39 is 29.8 Å². The summed E-state index contributed by atoms with van der Waals surface area (Å²) in [4.78, 5) is 1.79. The molecule has 1 nitrogen and oxygen atoms in total. The van der Waals surface area contributed by atoms with Crippen molar-refractivity contribution in [3.05, 3.63) is 282 Å². The Labute approximate surface area is 388 Å². The molecule has 2 atom stereocenters. The monoisotopic (exact) mass is 827 g/mol. The average Bonchev–Trinajstić information content (AvgIpc) is 3.72. The molecular weight excluding hydrogens is 771 g/mol. The van der Waals surface area contributed by atoms with Crippen LogP contribution in [0.15, 0.2) is 243 Å². The largest absolute Gasteiger partial charge is 0.310 e. The zero-order valence-electron chi connectivity index (χ0n) is 43.3. The fourth-order valence-electron chi connectivity index (χ4n) is 9.72. The fourth-order valence-corrected chi connectivity index (χ4v) is 9.72. The highest BCUT2D eigenvalue weighted by molar-refractivity contribution is 6.12. The van der Waals surface area contributed by atoms with Crippen molar-refractivity contribution in [2.75, 3.05) is 4.90 Å². The van der Waals surface area contributed by atoms with Crippen LogP contribution < -0.4 is 4.90 Å². The van der Waals surface area contributed by atoms with Gasteiger partial charge in [0, 0.05) is 24.4 Å². The van der Waals surface area contributed by atoms with Crippen molar-refractivity contribution in [1.29, 1.82) is 0 Å². The Kier molecular flexibility index (Phi) is 8.20. The number of fused-ring (bicyclic) bond motifs is 6. The molecule has 0 heterocycles. The normalized spacial score (nSPS) is 18.3. The van der Waals surface area contributed by atoms with Crippen molar-refractivity contribution in [3.63, 3.8) is 0 Å². The topological polar surface area (TPSA) is 3.24 Å². The van der Waals surface area contributed by atoms with Crippen LogP contribution in [0, 0.1) is 0 Å². The first-order chi connectivity index (χ1) is 35.1. The number of anilines is 3. The minimum atomic E-state index is -1.51. The molecule has 11 rings (SSSR count). The van der Waals surface area contributed by atoms with E-state index in [1.807, 2.05) is 109 Å². The van der Waals surface area contributed by atoms with Crippen molar-refractivity contribution in [3.8, 4) is 11.1 Å². The Bertz CT molecular complexity index is 3660. The summed E-state index contributed by atoms with van der Waals surface area (Å²) >= 11 is 0. The third-order valence-electron chi connectivity index (χ3n) is 12.6. The highest BCUT2D eigenvalue weighted by Crippen LogP contribution is 2.57. The Morgan fingerprint density at radius 2 is 1.25 bits per heavy atom. The Balaban J connectivity index is 1.11. The van der Waals surface area contributed by atoms with Crippen molar-refractivity contribution in [2.24, 2.45) is 0 Å². The lowest BCUT2D eigenvalue weighted by atomic mass is 9.67. The van der Waals surface area contributed by atoms with Crippen LogP contribution >= 0.6 is 0 Å². The van der Waals surface area contributed by atoms with Crippen LogP contribution in [0.25, 0.3) is 44.3 Å². The summed E-state index contributed by atoms with van der Waals surface area (Å²) in [6, 6.07) is 58.3. The highest BCUT2D eigenvalue weighted by atomic mass is 15.1. The zero-order chi connectivity index (χ0) is 49.8. The Morgan fingerprint density at radius 1 is 0.578 bits per heavy atom. The van der Waals surface area contributed by atoms with E-state index in [0.29, 0.717) is 16.9 Å². The molecule has 2 aliphatic rings. The molecule has 0 spiro atoms. The van der Waals surface area contributed by atoms with Crippen molar-refractivity contribution in [2.45, 2.75) is 30.6 Å². The molecule has 9 aromatic rings. The van der Waals surface area contributed by atoms with E-state index in [9.17, 15) is 11.0 Å². The second-order valence-electron chi connectivity index (χ2n) is 16.3. The van der Waals surface area contributed by atoms with Crippen molar-refractivity contribution < 1.29 is 11.0 Å². The van der Waals surface area contributed by atoms with Crippen molar-refractivity contribution in [1.82, 2.24) is 0 Å². The second kappa shape index (κ2) is 16.9. The summed E-state index contributed by atoms with van der Waals surface area (Å²) in [5.74, 6) is -1.42. The number of allylic oxidation sites excluding steroid dienone is 6. The summed E-state index contributed by atoms with van der Waals surface area (Å²) in [5.41, 5.74) is 8.19. The number of unbranched alkanes of at least 4 members (excludes halogenated alkanes) is 1. The molecule has 2 unspecified atom stereocenters. The van der Waals surface area contributed by atoms with Gasteiger partial charge in [0.1, 0.15) is 0 Å². The van der Waals surface area contributed by atoms with E-state index in [-0.39, 0.29) is 47.1 Å². The van der Waals surface area contributed by atoms with E-state index in [2.05, 4.69) is 97.6 Å². The van der Waals surface area contributed by atoms with Crippen LogP contribution in [0.2, 0.25) is 0 Å². The molecule has 0 aromatic heterocycles. The van der Waals surface area contributed by atoms with E-state index >= 15 is 0 Å². The smallest absolute Gasteiger partial charge is 0.0714 e. The minimum Gasteiger partial charge on any atom is -0.310 e. The van der Waals surface area contributed by atoms with E-state index in [0.717, 1.165) is 73.3 Å². The first kappa shape index (κ1) is 31.2. The number of hydrogen-bond donors (Lipinski definition) is 0. The third-order valence-corrected chi connectivity index (χ3v) is 12.6. The summed E-state index contributed by atoms with van der Waals surface area (Å²) in [7, 11) is 0. The lowest BCUT2D eigenvalue weighted by Crippen LogP contribution is -2.28. The SMILES string of the molecule is [2H]C1=C([2H])C(c2c([2H])c([2H])c(N(c3cccc(/C=C/CCC=C)c3)c3ccc4c(c3)C(c3ccccc3)(c3ccccc3)c3ccccc3-4)c([2H])c2[2H])C([2H])C([2H])=C1c1cc2ccccc2c2ccccc12. The maximum absolute atomic E-state index is 9.91. The van der Waals surface area contributed by atoms with Crippen LogP contribution in [-0.4, -0.2) is 0 Å². The summed E-state index contributed by atoms with van der Waals surface area (Å²) in [6.45, 7) is 3.86. The number of rotatable bonds is 11. The summed E-state index contributed by atoms with van der Waals surface area (Å²) < 4.78 is 77.5. The Morgan fingerprint density at radius 3 is 2.03 bits per heavy atom. The molecule has 0 N–H and O–H groups in total. The van der Waals surface area contributed by atoms with Crippen LogP contribution in [0.1, 0.15) is 75.1 Å². The standard InChI is InChI=1S/C63H49N/c1-2-3-4-7-19-45-20-18-26-53(42-45)64(54-40-41-59-58-30-16-17-31-61(58)63(62(59)44-54,50-22-8-5-9-23-50)51-24-10-6-11-25-51)52-38-36-47(37-39-52)46-32-34-48(35-33-46)60-43-49-21-12-13-27-55(49)56-28-14-15-29-57(56)60/h2,5-32,34-44,46H,1,3-4,33H2/b19-7+/i32D,33D,34D,35D,36D,37D,38D,39D. The molecule has 9 aromatic carbocycles. The van der Waals surface area contributed by atoms with Crippen LogP contribution in [-0.2, 0) is 5.41 Å². The molecule has 0 saturated heterocycles. The van der Waals surface area contributed by atoms with Gasteiger partial charge in [-0.25, -0.2) is 0 Å². The van der Waals surface area contributed by atoms with Crippen molar-refractivity contribution >= 4 is 50.3 Å². The van der Waals surface area contributed by atoms with E-state index in [1.165, 1.54) is 0 Å². The predicted molar refractivity (Wildman–Crippen MR) is 273 cm³/mol. The maximum Gasteiger partial charge on any atom is 0.0714 e. The van der Waals surface area contributed by atoms with Gasteiger partial charge in [-0.3, -0.25) is 0 Å². The fraction of sp³-hybridized carbons (Fsp3) is 0.0794. The van der Waals surface area contributed by atoms with Gasteiger partial charge in [0.2, 0.25) is 0 Å². The number of hydrogen-bond acceptors (Lipinski definition) is 1. The summed E-state index contributed by atoms with van der Waals surface area (Å²) in [6.07, 6.45) is 6.08. The van der Waals surface area contributed by atoms with Gasteiger partial charge in [0.05, 0.1) is 15.0 Å². The van der Waals surface area contributed by atoms with Gasteiger partial charge < -0.3 is 4.90 Å². The van der Waals surface area contributed by atoms with Crippen LogP contribution in [0.5, 0.6) is 0 Å². The molecule has 0 amide bonds. The molecule has 2 aliphatic carbocycles. The molecular formula is C63H49N. The van der Waals surface area contributed by atoms with Crippen LogP contribution in [0.4, 0.5) is 17.1 Å². The molecule has 1 heteroatoms. The first-order valence-electron chi connectivity index (χ1n) is 26.0. The first-order valence-corrected chi connectivity index (χ1v) is 21.9. The lowest BCUT2D eigenvalue weighted by Gasteiger charge is -2.35. The molecule has 64 heavy (non-hydrogen) atoms. The maximum atomic E-state index is 9.91. The predicted octanol–water partition coefficient (Wildman–Crippen LogP) is 16.9. The molecule has 0 bridgehead atoms. The van der Waals surface area contributed by atoms with Gasteiger partial charge >= 0.3 is 0 Å². The van der Waals surface area contributed by atoms with Gasteiger partial charge in [-0.05, 0) is 139 Å². The van der Waals surface area contributed by atoms with E-state index in [1.54, 1.807) is 4.90 Å². The van der Waals surface area contributed by atoms with Crippen LogP contribution in [0.3, 0.4) is 0 Å². The summed E-state index contributed by atoms with van der Waals surface area (Å²) in [5, 5.41) is 3.59. The van der Waals surface area contributed by atoms with E-state index in [4.69, 9.17) is 0 Å². The minimum absolute atomic E-state index is 0.00840. The number of benzene rings is 9. The van der Waals surface area contributed by atoms with Gasteiger partial charge in [0.15, 0.2) is 0 Å². The molecule has 0 aliphatic heterocycles. The molecule has 0 radical (unpaired) electrons. The zero-order valence-corrected chi connectivity index (χ0v) is 35.3. The Hall–Kier alpha value is -7.74.